The first-order valence-corrected chi connectivity index (χ1v) is 9.40. The minimum Gasteiger partial charge on any atom is -0.487 e. The second-order valence-electron chi connectivity index (χ2n) is 7.73. The third kappa shape index (κ3) is 3.80. The monoisotopic (exact) mass is 389 g/mol. The summed E-state index contributed by atoms with van der Waals surface area (Å²) in [6.07, 6.45) is 1.19. The van der Waals surface area contributed by atoms with E-state index in [-0.39, 0.29) is 17.0 Å². The van der Waals surface area contributed by atoms with Crippen LogP contribution >= 0.6 is 11.6 Å². The Kier molecular flexibility index (Phi) is 4.60. The molecule has 1 saturated heterocycles. The average Bonchev–Trinajstić information content (AvgIpc) is 2.90. The fraction of sp³-hybridized carbons (Fsp3) is 0.381. The standard InChI is InChI=1S/C21H21ClFNO3/c1-21(9-14-2-4-17(22)18(23)7-14)10-15-6-13(3-5-19(15)27-21)8-20(26)24-11-16(25)12-24/h2-7,16,25H,8-12H2,1H3/t21-/m0/s1. The zero-order chi connectivity index (χ0) is 19.2. The van der Waals surface area contributed by atoms with Gasteiger partial charge in [-0.25, -0.2) is 4.39 Å². The first kappa shape index (κ1) is 18.3. The van der Waals surface area contributed by atoms with Crippen LogP contribution in [0.5, 0.6) is 5.75 Å². The molecular formula is C21H21ClFNO3. The Hall–Kier alpha value is -2.11. The molecule has 0 aliphatic carbocycles. The lowest BCUT2D eigenvalue weighted by atomic mass is 9.91. The molecule has 2 aliphatic rings. The van der Waals surface area contributed by atoms with E-state index in [2.05, 4.69) is 0 Å². The number of halogens is 2. The van der Waals surface area contributed by atoms with Crippen LogP contribution in [0.1, 0.15) is 23.6 Å². The molecule has 27 heavy (non-hydrogen) atoms. The number of aliphatic hydroxyl groups is 1. The van der Waals surface area contributed by atoms with Crippen molar-refractivity contribution in [3.8, 4) is 5.75 Å². The van der Waals surface area contributed by atoms with Crippen molar-refractivity contribution in [1.82, 2.24) is 4.90 Å². The number of likely N-dealkylation sites (tertiary alicyclic amines) is 1. The summed E-state index contributed by atoms with van der Waals surface area (Å²) in [6.45, 7) is 2.84. The van der Waals surface area contributed by atoms with Gasteiger partial charge in [0.05, 0.1) is 17.5 Å². The number of benzene rings is 2. The minimum absolute atomic E-state index is 0.0265. The molecule has 142 valence electrons. The van der Waals surface area contributed by atoms with Crippen molar-refractivity contribution in [3.05, 3.63) is 63.9 Å². The van der Waals surface area contributed by atoms with Crippen molar-refractivity contribution in [2.75, 3.05) is 13.1 Å². The Morgan fingerprint density at radius 2 is 2.04 bits per heavy atom. The lowest BCUT2D eigenvalue weighted by molar-refractivity contribution is -0.140. The number of fused-ring (bicyclic) bond motifs is 1. The van der Waals surface area contributed by atoms with E-state index in [9.17, 15) is 14.3 Å². The van der Waals surface area contributed by atoms with Crippen LogP contribution in [0.4, 0.5) is 4.39 Å². The van der Waals surface area contributed by atoms with Crippen LogP contribution in [0, 0.1) is 5.82 Å². The lowest BCUT2D eigenvalue weighted by Gasteiger charge is -2.35. The van der Waals surface area contributed by atoms with Crippen molar-refractivity contribution < 1.29 is 19.0 Å². The second-order valence-corrected chi connectivity index (χ2v) is 8.13. The number of carbonyl (C=O) groups excluding carboxylic acids is 1. The van der Waals surface area contributed by atoms with Gasteiger partial charge in [0.15, 0.2) is 0 Å². The summed E-state index contributed by atoms with van der Waals surface area (Å²) in [5.41, 5.74) is 2.36. The number of amides is 1. The maximum atomic E-state index is 13.7. The summed E-state index contributed by atoms with van der Waals surface area (Å²) in [6, 6.07) is 10.6. The molecular weight excluding hydrogens is 369 g/mol. The maximum absolute atomic E-state index is 13.7. The van der Waals surface area contributed by atoms with Gasteiger partial charge in [-0.3, -0.25) is 4.79 Å². The van der Waals surface area contributed by atoms with Crippen LogP contribution < -0.4 is 4.74 Å². The first-order valence-electron chi connectivity index (χ1n) is 9.02. The Morgan fingerprint density at radius 3 is 2.74 bits per heavy atom. The van der Waals surface area contributed by atoms with Crippen LogP contribution in [0.25, 0.3) is 0 Å². The van der Waals surface area contributed by atoms with Gasteiger partial charge in [-0.15, -0.1) is 0 Å². The molecule has 1 fully saturated rings. The Bertz CT molecular complexity index is 897. The van der Waals surface area contributed by atoms with E-state index >= 15 is 0 Å². The van der Waals surface area contributed by atoms with Crippen LogP contribution in [0.2, 0.25) is 5.02 Å². The Labute approximate surface area is 162 Å². The molecule has 1 amide bonds. The summed E-state index contributed by atoms with van der Waals surface area (Å²) in [4.78, 5) is 13.9. The van der Waals surface area contributed by atoms with E-state index in [4.69, 9.17) is 16.3 Å². The highest BCUT2D eigenvalue weighted by Crippen LogP contribution is 2.38. The first-order chi connectivity index (χ1) is 12.8. The Morgan fingerprint density at radius 1 is 1.30 bits per heavy atom. The van der Waals surface area contributed by atoms with Gasteiger partial charge in [0, 0.05) is 25.9 Å². The third-order valence-corrected chi connectivity index (χ3v) is 5.48. The van der Waals surface area contributed by atoms with Gasteiger partial charge in [0.2, 0.25) is 5.91 Å². The van der Waals surface area contributed by atoms with E-state index in [1.165, 1.54) is 6.07 Å². The van der Waals surface area contributed by atoms with Gasteiger partial charge in [-0.05, 0) is 41.8 Å². The van der Waals surface area contributed by atoms with Gasteiger partial charge in [0.1, 0.15) is 17.2 Å². The van der Waals surface area contributed by atoms with Crippen molar-refractivity contribution in [1.29, 1.82) is 0 Å². The van der Waals surface area contributed by atoms with Crippen molar-refractivity contribution in [3.63, 3.8) is 0 Å². The highest BCUT2D eigenvalue weighted by molar-refractivity contribution is 6.30. The predicted octanol–water partition coefficient (Wildman–Crippen LogP) is 3.16. The van der Waals surface area contributed by atoms with Gasteiger partial charge in [0.25, 0.3) is 0 Å². The van der Waals surface area contributed by atoms with Crippen molar-refractivity contribution in [2.45, 2.75) is 37.9 Å². The molecule has 0 spiro atoms. The van der Waals surface area contributed by atoms with E-state index in [0.29, 0.717) is 32.4 Å². The van der Waals surface area contributed by atoms with Crippen molar-refractivity contribution in [2.24, 2.45) is 0 Å². The smallest absolute Gasteiger partial charge is 0.227 e. The number of aliphatic hydroxyl groups excluding tert-OH is 1. The number of ether oxygens (including phenoxy) is 1. The van der Waals surface area contributed by atoms with Gasteiger partial charge >= 0.3 is 0 Å². The van der Waals surface area contributed by atoms with E-state index in [1.54, 1.807) is 11.0 Å². The topological polar surface area (TPSA) is 49.8 Å². The van der Waals surface area contributed by atoms with E-state index < -0.39 is 11.4 Å². The molecule has 6 heteroatoms. The van der Waals surface area contributed by atoms with E-state index in [0.717, 1.165) is 22.4 Å². The zero-order valence-electron chi connectivity index (χ0n) is 15.0. The number of β-amino-alcohol motifs (C(OH)–C–C–N with tert-alkyl or cyclic N) is 1. The van der Waals surface area contributed by atoms with Crippen LogP contribution in [-0.2, 0) is 24.1 Å². The van der Waals surface area contributed by atoms with Gasteiger partial charge < -0.3 is 14.7 Å². The largest absolute Gasteiger partial charge is 0.487 e. The Balaban J connectivity index is 1.44. The highest BCUT2D eigenvalue weighted by Gasteiger charge is 2.35. The summed E-state index contributed by atoms with van der Waals surface area (Å²) in [7, 11) is 0. The number of hydrogen-bond donors (Lipinski definition) is 1. The number of hydrogen-bond acceptors (Lipinski definition) is 3. The molecule has 2 aromatic rings. The van der Waals surface area contributed by atoms with Crippen LogP contribution in [-0.4, -0.2) is 40.7 Å². The molecule has 1 atom stereocenters. The zero-order valence-corrected chi connectivity index (χ0v) is 15.8. The van der Waals surface area contributed by atoms with E-state index in [1.807, 2.05) is 31.2 Å². The van der Waals surface area contributed by atoms with Gasteiger partial charge in [-0.2, -0.15) is 0 Å². The molecule has 0 radical (unpaired) electrons. The van der Waals surface area contributed by atoms with Crippen molar-refractivity contribution >= 4 is 17.5 Å². The summed E-state index contributed by atoms with van der Waals surface area (Å²) >= 11 is 5.76. The number of carbonyl (C=O) groups is 1. The third-order valence-electron chi connectivity index (χ3n) is 5.18. The maximum Gasteiger partial charge on any atom is 0.227 e. The van der Waals surface area contributed by atoms with Crippen LogP contribution in [0.3, 0.4) is 0 Å². The fourth-order valence-corrected chi connectivity index (χ4v) is 3.93. The number of nitrogens with zero attached hydrogens (tertiary/aromatic N) is 1. The molecule has 0 unspecified atom stereocenters. The summed E-state index contributed by atoms with van der Waals surface area (Å²) in [5.74, 6) is 0.409. The SMILES string of the molecule is C[C@]1(Cc2ccc(Cl)c(F)c2)Cc2cc(CC(=O)N3CC(O)C3)ccc2O1. The minimum atomic E-state index is -0.465. The molecule has 2 aromatic carbocycles. The molecule has 0 bridgehead atoms. The second kappa shape index (κ2) is 6.80. The molecule has 2 heterocycles. The molecule has 4 nitrogen and oxygen atoms in total. The molecule has 1 N–H and O–H groups in total. The normalized spacial score (nSPS) is 21.6. The quantitative estimate of drug-likeness (QED) is 0.873. The molecule has 2 aliphatic heterocycles. The van der Waals surface area contributed by atoms with Gasteiger partial charge in [-0.1, -0.05) is 29.8 Å². The van der Waals surface area contributed by atoms with Crippen LogP contribution in [0.15, 0.2) is 36.4 Å². The molecule has 0 saturated carbocycles. The fourth-order valence-electron chi connectivity index (χ4n) is 3.81. The lowest BCUT2D eigenvalue weighted by Crippen LogP contribution is -2.53. The summed E-state index contributed by atoms with van der Waals surface area (Å²) < 4.78 is 19.9. The highest BCUT2D eigenvalue weighted by atomic mass is 35.5. The predicted molar refractivity (Wildman–Crippen MR) is 101 cm³/mol. The molecule has 4 rings (SSSR count). The summed E-state index contributed by atoms with van der Waals surface area (Å²) in [5, 5.41) is 9.44. The average molecular weight is 390 g/mol. The number of rotatable bonds is 4. The molecule has 0 aromatic heterocycles.